The van der Waals surface area contributed by atoms with Crippen LogP contribution < -0.4 is 11.1 Å². The van der Waals surface area contributed by atoms with Gasteiger partial charge in [0.15, 0.2) is 10.3 Å². The number of carbonyl (C=O) groups is 2. The molecule has 2 heterocycles. The molecule has 0 aliphatic heterocycles. The molecule has 0 saturated heterocycles. The summed E-state index contributed by atoms with van der Waals surface area (Å²) in [5.74, 6) is -9.57. The van der Waals surface area contributed by atoms with Gasteiger partial charge >= 0.3 is 12.4 Å². The topological polar surface area (TPSA) is 117 Å². The van der Waals surface area contributed by atoms with Gasteiger partial charge in [0.25, 0.3) is 11.1 Å². The van der Waals surface area contributed by atoms with Gasteiger partial charge in [-0.25, -0.2) is 8.78 Å². The Bertz CT molecular complexity index is 5550. The fraction of sp³-hybridized carbons (Fsp3) is 0.432. The third kappa shape index (κ3) is 19.2. The highest BCUT2D eigenvalue weighted by Crippen LogP contribution is 2.41. The molecule has 512 valence electrons. The van der Waals surface area contributed by atoms with Gasteiger partial charge in [-0.1, -0.05) is 155 Å². The Labute approximate surface area is 610 Å². The third-order valence-corrected chi connectivity index (χ3v) is 16.6. The first-order valence-electron chi connectivity index (χ1n) is 45.7. The molecule has 2 aromatic heterocycles. The molecule has 96 heavy (non-hydrogen) atoms. The lowest BCUT2D eigenvalue weighted by molar-refractivity contribution is -0.137. The minimum Gasteiger partial charge on any atom is -0.336 e. The molecular weight excluding hydrogens is 1280 g/mol. The molecular formula is C74H84F8N8O4S2. The van der Waals surface area contributed by atoms with E-state index in [1.165, 1.54) is 24.3 Å². The largest absolute Gasteiger partial charge is 0.416 e. The van der Waals surface area contributed by atoms with E-state index in [-0.39, 0.29) is 59.7 Å². The lowest BCUT2D eigenvalue weighted by atomic mass is 9.82. The summed E-state index contributed by atoms with van der Waals surface area (Å²) in [7, 11) is 0. The number of amides is 2. The summed E-state index contributed by atoms with van der Waals surface area (Å²) in [6.45, 7) is -8.15. The van der Waals surface area contributed by atoms with Crippen molar-refractivity contribution >= 4 is 35.3 Å². The molecule has 0 fully saturated rings. The van der Waals surface area contributed by atoms with Crippen molar-refractivity contribution in [2.45, 2.75) is 146 Å². The Kier molecular flexibility index (Phi) is 14.2. The van der Waals surface area contributed by atoms with E-state index < -0.39 is 301 Å². The van der Waals surface area contributed by atoms with Gasteiger partial charge < -0.3 is 28.7 Å². The van der Waals surface area contributed by atoms with Crippen LogP contribution in [0.1, 0.15) is 156 Å². The number of likely N-dealkylation sites (N-methyl/N-ethyl adjacent to an activating group) is 2. The second-order valence-corrected chi connectivity index (χ2v) is 22.9. The summed E-state index contributed by atoms with van der Waals surface area (Å²) >= 11 is 0.0357. The molecule has 5 atom stereocenters. The molecule has 0 spiro atoms. The Morgan fingerprint density at radius 3 is 1.62 bits per heavy atom. The minimum absolute atomic E-state index is 0.0921. The summed E-state index contributed by atoms with van der Waals surface area (Å²) in [4.78, 5) is 67.6. The number of alkyl halides is 6. The Morgan fingerprint density at radius 2 is 1.10 bits per heavy atom. The lowest BCUT2D eigenvalue weighted by Crippen LogP contribution is -2.42. The second-order valence-electron chi connectivity index (χ2n) is 21.4. The molecule has 2 amide bonds. The van der Waals surface area contributed by atoms with E-state index in [9.17, 15) is 54.3 Å². The average molecular weight is 1400 g/mol. The van der Waals surface area contributed by atoms with Crippen LogP contribution in [0.3, 0.4) is 0 Å². The van der Waals surface area contributed by atoms with Crippen LogP contribution in [0.5, 0.6) is 0 Å². The standard InChI is InChI=1S/C37H40F4N4O2S.C37H44F4N4O2S/c1-4-43(5-2)18-19-44(22-26-6-10-28(11-7-26)29-12-14-30(15-13-29)37(39,40)41)34(46)23-45-33-21-25(3)20-32(33)35(47)42-36(45)48-24-27-8-16-31(38)17-9-27;1-4-43(5-2)19-20-44(22-26-9-13-28(14-10-26)29-15-18-32(25(3)21-29)37(39,40)41)34(46)23-45-33-8-6-7-31(33)35(47)42-36(45)48-24-27-11-16-30(38)17-12-27/h6-17,25H,4-5,18-24H2,1-3H3;9,11-13,15-18,25H,4-8,10,14,19-24H2,1-3H3/i4D2,5D2,8D,9D,16D,17D,20D2,21D2,24D2,25D;4D2,5D2,9D,10D,11D,12D,13D,14D,15D,16D,17D,18D,21D,24D2. The number of nitrogens with zero attached hydrogens (tertiary/aromatic N) is 8. The molecule has 22 heteroatoms. The zero-order valence-electron chi connectivity index (χ0n) is 84.3. The number of hydrogen-bond donors (Lipinski definition) is 0. The maximum Gasteiger partial charge on any atom is 0.416 e. The van der Waals surface area contributed by atoms with E-state index in [0.29, 0.717) is 27.7 Å². The van der Waals surface area contributed by atoms with Crippen LogP contribution in [-0.2, 0) is 72.4 Å². The highest BCUT2D eigenvalue weighted by atomic mass is 32.2. The summed E-state index contributed by atoms with van der Waals surface area (Å²) in [6.07, 6.45) is -20.8. The maximum absolute atomic E-state index is 14.7. The van der Waals surface area contributed by atoms with Gasteiger partial charge in [0.05, 0.1) is 22.0 Å². The normalized spacial score (nSPS) is 26.4. The Hall–Kier alpha value is -7.40. The molecule has 6 aromatic rings. The van der Waals surface area contributed by atoms with Crippen LogP contribution in [0.15, 0.2) is 163 Å². The van der Waals surface area contributed by atoms with Crippen molar-refractivity contribution in [3.63, 3.8) is 0 Å². The number of halogens is 8. The predicted octanol–water partition coefficient (Wildman–Crippen LogP) is 14.9. The minimum atomic E-state index is -5.08. The molecule has 4 aliphatic carbocycles. The summed E-state index contributed by atoms with van der Waals surface area (Å²) < 4.78 is 383. The van der Waals surface area contributed by atoms with Crippen molar-refractivity contribution in [2.75, 3.05) is 58.7 Å². The Morgan fingerprint density at radius 1 is 0.604 bits per heavy atom. The predicted molar refractivity (Wildman–Crippen MR) is 363 cm³/mol. The van der Waals surface area contributed by atoms with Gasteiger partial charge in [-0.15, -0.1) is 0 Å². The first kappa shape index (κ1) is 41.1. The number of carbonyl (C=O) groups excluding carboxylic acids is 2. The van der Waals surface area contributed by atoms with Crippen molar-refractivity contribution in [3.05, 3.63) is 220 Å². The number of fused-ring (bicyclic) bond motifs is 2. The van der Waals surface area contributed by atoms with Crippen molar-refractivity contribution in [3.8, 4) is 11.1 Å². The smallest absolute Gasteiger partial charge is 0.336 e. The number of rotatable bonds is 26. The van der Waals surface area contributed by atoms with E-state index in [4.69, 9.17) is 43.9 Å². The van der Waals surface area contributed by atoms with Crippen LogP contribution in [-0.4, -0.2) is 115 Å². The summed E-state index contributed by atoms with van der Waals surface area (Å²) in [6, 6.07) is -2.77. The highest BCUT2D eigenvalue weighted by molar-refractivity contribution is 7.98. The highest BCUT2D eigenvalue weighted by Gasteiger charge is 2.38. The molecule has 4 aliphatic rings. The third-order valence-electron chi connectivity index (χ3n) is 15.0. The number of thioether (sulfide) groups is 2. The van der Waals surface area contributed by atoms with Gasteiger partial charge in [-0.2, -0.15) is 36.3 Å². The van der Waals surface area contributed by atoms with Crippen LogP contribution in [0.25, 0.3) is 11.1 Å². The van der Waals surface area contributed by atoms with Gasteiger partial charge in [0.2, 0.25) is 11.8 Å². The lowest BCUT2D eigenvalue weighted by Gasteiger charge is -2.30. The van der Waals surface area contributed by atoms with Gasteiger partial charge in [0.1, 0.15) is 24.7 Å². The van der Waals surface area contributed by atoms with Crippen molar-refractivity contribution in [2.24, 2.45) is 11.8 Å². The van der Waals surface area contributed by atoms with Crippen molar-refractivity contribution in [1.82, 2.24) is 38.7 Å². The van der Waals surface area contributed by atoms with Crippen LogP contribution in [0, 0.1) is 23.4 Å². The summed E-state index contributed by atoms with van der Waals surface area (Å²) in [5.41, 5.74) is -14.4. The molecule has 5 unspecified atom stereocenters. The quantitative estimate of drug-likeness (QED) is 0.0295. The van der Waals surface area contributed by atoms with Crippen LogP contribution in [0.2, 0.25) is 0 Å². The monoisotopic (exact) mass is 1400 g/mol. The number of hydrogen-bond acceptors (Lipinski definition) is 10. The van der Waals surface area contributed by atoms with Crippen molar-refractivity contribution < 1.29 is 88.6 Å². The van der Waals surface area contributed by atoms with E-state index in [2.05, 4.69) is 9.97 Å². The van der Waals surface area contributed by atoms with Gasteiger partial charge in [-0.3, -0.25) is 19.2 Å². The molecule has 0 N–H and O–H groups in total. The van der Waals surface area contributed by atoms with E-state index in [1.54, 1.807) is 12.1 Å². The fourth-order valence-corrected chi connectivity index (χ4v) is 11.5. The van der Waals surface area contributed by atoms with E-state index in [0.717, 1.165) is 77.8 Å². The fourth-order valence-electron chi connectivity index (χ4n) is 10.1. The number of allylic oxidation sites excluding steroid dienone is 7. The van der Waals surface area contributed by atoms with Gasteiger partial charge in [0, 0.05) is 106 Å². The van der Waals surface area contributed by atoms with Crippen molar-refractivity contribution in [1.29, 1.82) is 0 Å². The molecule has 4 aromatic carbocycles. The van der Waals surface area contributed by atoms with Crippen LogP contribution >= 0.6 is 23.5 Å². The molecule has 0 bridgehead atoms. The van der Waals surface area contributed by atoms with E-state index in [1.807, 2.05) is 0 Å². The number of aromatic nitrogens is 4. The first-order valence-corrected chi connectivity index (χ1v) is 31.1. The molecule has 12 nitrogen and oxygen atoms in total. The zero-order chi connectivity index (χ0) is 97.2. The number of benzene rings is 4. The molecule has 10 rings (SSSR count). The SMILES string of the molecule is [2H]C1=C(CN(CCN(C([2H])([2H])C)C([2H])([2H])C)C(=O)Cn2c(SC([2H])([2H])c3c([2H])c([2H])c(F)c([2H])c3[2H])nc(=O)c3c2CCC3)C([2H])C([2H])C(C2=C([2H])C([2H])=C(C(F)(F)F)C(C)C2[2H])=C1[2H].[2H]c1c([2H])c(C([2H])([2H])Sc2nc(=O)c3c(n2CC(=O)N(CCN(C([2H])([2H])C)C([2H])([2H])C)Cc2ccc(-c4ccc(C(F)(F)F)cc4)cc2)C([2H])([2H])C([2H])(C)C3([2H])[2H])c([2H])c([2H])c1F. The van der Waals surface area contributed by atoms with Crippen LogP contribution in [0.4, 0.5) is 35.1 Å². The average Bonchev–Trinajstić information content (AvgIpc) is 1.52. The Balaban J connectivity index is 0.000000289. The maximum atomic E-state index is 14.7. The zero-order valence-corrected chi connectivity index (χ0v) is 53.9. The van der Waals surface area contributed by atoms with Gasteiger partial charge in [-0.05, 0) is 164 Å². The first-order chi connectivity index (χ1) is 58.2. The summed E-state index contributed by atoms with van der Waals surface area (Å²) in [5, 5.41) is -1.33. The second kappa shape index (κ2) is 33.2. The van der Waals surface area contributed by atoms with E-state index >= 15 is 0 Å². The molecule has 0 saturated carbocycles. The molecule has 0 radical (unpaired) electrons.